The first kappa shape index (κ1) is 13.3. The summed E-state index contributed by atoms with van der Waals surface area (Å²) in [5, 5.41) is 11.3. The molecule has 23 heavy (non-hydrogen) atoms. The molecule has 0 saturated heterocycles. The van der Waals surface area contributed by atoms with E-state index in [1.165, 1.54) is 0 Å². The average Bonchev–Trinajstić information content (AvgIpc) is 3.24. The van der Waals surface area contributed by atoms with E-state index in [0.29, 0.717) is 11.3 Å². The van der Waals surface area contributed by atoms with Gasteiger partial charge in [-0.2, -0.15) is 0 Å². The van der Waals surface area contributed by atoms with Crippen molar-refractivity contribution in [1.29, 1.82) is 0 Å². The third-order valence-corrected chi connectivity index (χ3v) is 3.47. The van der Waals surface area contributed by atoms with Gasteiger partial charge in [0.1, 0.15) is 18.2 Å². The number of hydrogen-bond donors (Lipinski definition) is 1. The van der Waals surface area contributed by atoms with Crippen LogP contribution in [0.15, 0.2) is 71.7 Å². The zero-order chi connectivity index (χ0) is 15.6. The molecule has 0 atom stereocenters. The minimum atomic E-state index is -0.290. The molecule has 1 N–H and O–H groups in total. The van der Waals surface area contributed by atoms with Crippen LogP contribution in [0.1, 0.15) is 10.6 Å². The predicted octanol–water partition coefficient (Wildman–Crippen LogP) is 3.27. The van der Waals surface area contributed by atoms with Crippen molar-refractivity contribution in [3.05, 3.63) is 73.0 Å². The third kappa shape index (κ3) is 2.57. The van der Waals surface area contributed by atoms with Gasteiger partial charge < -0.3 is 9.73 Å². The topological polar surface area (TPSA) is 73.0 Å². The number of benzene rings is 2. The van der Waals surface area contributed by atoms with Gasteiger partial charge in [-0.15, -0.1) is 10.2 Å². The SMILES string of the molecule is O=C(Nc1cccc(-n2cnnc2)c1)c1cc2ccccc2o1. The highest BCUT2D eigenvalue weighted by Crippen LogP contribution is 2.20. The Bertz CT molecular complexity index is 940. The molecule has 1 amide bonds. The van der Waals surface area contributed by atoms with Gasteiger partial charge >= 0.3 is 0 Å². The van der Waals surface area contributed by atoms with E-state index in [4.69, 9.17) is 4.42 Å². The number of nitrogens with one attached hydrogen (secondary N) is 1. The summed E-state index contributed by atoms with van der Waals surface area (Å²) < 4.78 is 7.33. The van der Waals surface area contributed by atoms with E-state index in [1.807, 2.05) is 48.5 Å². The Morgan fingerprint density at radius 2 is 1.83 bits per heavy atom. The number of furan rings is 1. The lowest BCUT2D eigenvalue weighted by atomic mass is 10.2. The van der Waals surface area contributed by atoms with Crippen LogP contribution in [-0.2, 0) is 0 Å². The Morgan fingerprint density at radius 3 is 2.65 bits per heavy atom. The van der Waals surface area contributed by atoms with Crippen molar-refractivity contribution in [3.8, 4) is 5.69 Å². The molecule has 112 valence electrons. The maximum atomic E-state index is 12.3. The van der Waals surface area contributed by atoms with Crippen molar-refractivity contribution in [2.24, 2.45) is 0 Å². The van der Waals surface area contributed by atoms with Crippen LogP contribution in [0.25, 0.3) is 16.7 Å². The number of rotatable bonds is 3. The first-order valence-corrected chi connectivity index (χ1v) is 7.04. The molecule has 0 saturated carbocycles. The van der Waals surface area contributed by atoms with Crippen molar-refractivity contribution in [2.45, 2.75) is 0 Å². The quantitative estimate of drug-likeness (QED) is 0.630. The number of nitrogens with zero attached hydrogens (tertiary/aromatic N) is 3. The van der Waals surface area contributed by atoms with Crippen LogP contribution in [0, 0.1) is 0 Å². The molecule has 2 heterocycles. The summed E-state index contributed by atoms with van der Waals surface area (Å²) in [4.78, 5) is 12.3. The highest BCUT2D eigenvalue weighted by molar-refractivity contribution is 6.04. The van der Waals surface area contributed by atoms with Gasteiger partial charge in [-0.05, 0) is 30.3 Å². The summed E-state index contributed by atoms with van der Waals surface area (Å²) in [7, 11) is 0. The van der Waals surface area contributed by atoms with Gasteiger partial charge in [0, 0.05) is 11.1 Å². The number of amides is 1. The van der Waals surface area contributed by atoms with E-state index in [9.17, 15) is 4.79 Å². The highest BCUT2D eigenvalue weighted by atomic mass is 16.3. The van der Waals surface area contributed by atoms with Gasteiger partial charge in [0.15, 0.2) is 5.76 Å². The van der Waals surface area contributed by atoms with E-state index >= 15 is 0 Å². The fourth-order valence-corrected chi connectivity index (χ4v) is 2.36. The van der Waals surface area contributed by atoms with E-state index in [0.717, 1.165) is 11.1 Å². The maximum absolute atomic E-state index is 12.3. The van der Waals surface area contributed by atoms with Crippen LogP contribution in [-0.4, -0.2) is 20.7 Å². The second-order valence-electron chi connectivity index (χ2n) is 5.02. The normalized spacial score (nSPS) is 10.8. The van der Waals surface area contributed by atoms with Gasteiger partial charge in [0.25, 0.3) is 5.91 Å². The summed E-state index contributed by atoms with van der Waals surface area (Å²) in [5.74, 6) is -0.0111. The molecular weight excluding hydrogens is 292 g/mol. The Hall–Kier alpha value is -3.41. The van der Waals surface area contributed by atoms with Crippen molar-refractivity contribution < 1.29 is 9.21 Å². The molecule has 6 heteroatoms. The fraction of sp³-hybridized carbons (Fsp3) is 0. The van der Waals surface area contributed by atoms with Gasteiger partial charge in [0.2, 0.25) is 0 Å². The Kier molecular flexibility index (Phi) is 3.12. The fourth-order valence-electron chi connectivity index (χ4n) is 2.36. The molecule has 2 aromatic carbocycles. The van der Waals surface area contributed by atoms with E-state index < -0.39 is 0 Å². The zero-order valence-electron chi connectivity index (χ0n) is 12.0. The monoisotopic (exact) mass is 304 g/mol. The van der Waals surface area contributed by atoms with Gasteiger partial charge in [-0.1, -0.05) is 24.3 Å². The first-order valence-electron chi connectivity index (χ1n) is 7.04. The molecule has 0 aliphatic rings. The lowest BCUT2D eigenvalue weighted by Crippen LogP contribution is -2.11. The maximum Gasteiger partial charge on any atom is 0.291 e. The lowest BCUT2D eigenvalue weighted by Gasteiger charge is -2.06. The van der Waals surface area contributed by atoms with Crippen molar-refractivity contribution in [3.63, 3.8) is 0 Å². The Morgan fingerprint density at radius 1 is 1.00 bits per heavy atom. The molecule has 4 aromatic rings. The largest absolute Gasteiger partial charge is 0.451 e. The molecule has 0 spiro atoms. The van der Waals surface area contributed by atoms with Crippen LogP contribution in [0.4, 0.5) is 5.69 Å². The summed E-state index contributed by atoms with van der Waals surface area (Å²) in [5.41, 5.74) is 2.22. The number of fused-ring (bicyclic) bond motifs is 1. The molecule has 2 aromatic heterocycles. The summed E-state index contributed by atoms with van der Waals surface area (Å²) in [6.45, 7) is 0. The number of anilines is 1. The smallest absolute Gasteiger partial charge is 0.291 e. The van der Waals surface area contributed by atoms with Crippen molar-refractivity contribution >= 4 is 22.6 Å². The molecule has 0 bridgehead atoms. The van der Waals surface area contributed by atoms with E-state index in [-0.39, 0.29) is 11.7 Å². The van der Waals surface area contributed by atoms with Crippen LogP contribution in [0.3, 0.4) is 0 Å². The van der Waals surface area contributed by atoms with Crippen LogP contribution >= 0.6 is 0 Å². The third-order valence-electron chi connectivity index (χ3n) is 3.47. The number of para-hydroxylation sites is 1. The van der Waals surface area contributed by atoms with Crippen molar-refractivity contribution in [1.82, 2.24) is 14.8 Å². The molecule has 0 unspecified atom stereocenters. The van der Waals surface area contributed by atoms with Crippen LogP contribution < -0.4 is 5.32 Å². The summed E-state index contributed by atoms with van der Waals surface area (Å²) >= 11 is 0. The molecule has 4 rings (SSSR count). The number of hydrogen-bond acceptors (Lipinski definition) is 4. The average molecular weight is 304 g/mol. The number of carbonyl (C=O) groups excluding carboxylic acids is 1. The Labute approximate surface area is 131 Å². The molecule has 0 aliphatic heterocycles. The summed E-state index contributed by atoms with van der Waals surface area (Å²) in [6, 6.07) is 16.6. The second kappa shape index (κ2) is 5.42. The molecular formula is C17H12N4O2. The Balaban J connectivity index is 1.60. The van der Waals surface area contributed by atoms with Gasteiger partial charge in [0.05, 0.1) is 5.69 Å². The van der Waals surface area contributed by atoms with Crippen LogP contribution in [0.2, 0.25) is 0 Å². The number of aromatic nitrogens is 3. The highest BCUT2D eigenvalue weighted by Gasteiger charge is 2.12. The first-order chi connectivity index (χ1) is 11.3. The van der Waals surface area contributed by atoms with Gasteiger partial charge in [-0.25, -0.2) is 0 Å². The van der Waals surface area contributed by atoms with Gasteiger partial charge in [-0.3, -0.25) is 9.36 Å². The minimum Gasteiger partial charge on any atom is -0.451 e. The zero-order valence-corrected chi connectivity index (χ0v) is 12.0. The standard InChI is InChI=1S/C17H12N4O2/c22-17(16-8-12-4-1-2-7-15(12)23-16)20-13-5-3-6-14(9-13)21-10-18-19-11-21/h1-11H,(H,20,22). The molecule has 0 fully saturated rings. The van der Waals surface area contributed by atoms with E-state index in [1.54, 1.807) is 23.3 Å². The number of carbonyl (C=O) groups is 1. The molecule has 6 nitrogen and oxygen atoms in total. The molecule has 0 radical (unpaired) electrons. The predicted molar refractivity (Wildman–Crippen MR) is 85.5 cm³/mol. The van der Waals surface area contributed by atoms with Crippen molar-refractivity contribution in [2.75, 3.05) is 5.32 Å². The molecule has 0 aliphatic carbocycles. The second-order valence-corrected chi connectivity index (χ2v) is 5.02. The summed E-state index contributed by atoms with van der Waals surface area (Å²) in [6.07, 6.45) is 3.19. The van der Waals surface area contributed by atoms with Crippen LogP contribution in [0.5, 0.6) is 0 Å². The minimum absolute atomic E-state index is 0.279. The van der Waals surface area contributed by atoms with E-state index in [2.05, 4.69) is 15.5 Å². The lowest BCUT2D eigenvalue weighted by molar-refractivity contribution is 0.0998.